The molecule has 2 rings (SSSR count). The van der Waals surface area contributed by atoms with E-state index in [2.05, 4.69) is 0 Å². The molecule has 18 heavy (non-hydrogen) atoms. The minimum Gasteiger partial charge on any atom is -0.496 e. The van der Waals surface area contributed by atoms with Crippen LogP contribution in [0.15, 0.2) is 34.7 Å². The van der Waals surface area contributed by atoms with Crippen LogP contribution in [0.3, 0.4) is 0 Å². The Balaban J connectivity index is 2.24. The van der Waals surface area contributed by atoms with Gasteiger partial charge in [-0.2, -0.15) is 0 Å². The van der Waals surface area contributed by atoms with Gasteiger partial charge >= 0.3 is 0 Å². The van der Waals surface area contributed by atoms with Gasteiger partial charge in [0.1, 0.15) is 17.3 Å². The third kappa shape index (κ3) is 2.45. The number of hydrogen-bond donors (Lipinski definition) is 0. The van der Waals surface area contributed by atoms with E-state index in [9.17, 15) is 4.79 Å². The summed E-state index contributed by atoms with van der Waals surface area (Å²) in [6.45, 7) is 3.65. The molecule has 0 N–H and O–H groups in total. The van der Waals surface area contributed by atoms with Crippen molar-refractivity contribution in [2.45, 2.75) is 20.3 Å². The summed E-state index contributed by atoms with van der Waals surface area (Å²) >= 11 is 0. The van der Waals surface area contributed by atoms with Crippen LogP contribution in [0, 0.1) is 13.8 Å². The lowest BCUT2D eigenvalue weighted by atomic mass is 10.0. The third-order valence-electron chi connectivity index (χ3n) is 2.88. The van der Waals surface area contributed by atoms with Crippen molar-refractivity contribution < 1.29 is 13.9 Å². The number of hydrogen-bond acceptors (Lipinski definition) is 3. The Kier molecular flexibility index (Phi) is 3.51. The second-order valence-electron chi connectivity index (χ2n) is 4.24. The third-order valence-corrected chi connectivity index (χ3v) is 2.88. The normalized spacial score (nSPS) is 10.4. The fourth-order valence-corrected chi connectivity index (χ4v) is 2.02. The SMILES string of the molecule is COc1ccccc1CC(=O)c1cc(C)oc1C. The average molecular weight is 244 g/mol. The first-order chi connectivity index (χ1) is 8.61. The molecule has 94 valence electrons. The molecular formula is C15H16O3. The first-order valence-corrected chi connectivity index (χ1v) is 5.84. The van der Waals surface area contributed by atoms with Crippen LogP contribution in [0.4, 0.5) is 0 Å². The van der Waals surface area contributed by atoms with Gasteiger partial charge in [0.25, 0.3) is 0 Å². The van der Waals surface area contributed by atoms with Gasteiger partial charge in [-0.25, -0.2) is 0 Å². The summed E-state index contributed by atoms with van der Waals surface area (Å²) in [6.07, 6.45) is 0.323. The van der Waals surface area contributed by atoms with E-state index >= 15 is 0 Å². The van der Waals surface area contributed by atoms with Crippen LogP contribution < -0.4 is 4.74 Å². The number of furan rings is 1. The summed E-state index contributed by atoms with van der Waals surface area (Å²) < 4.78 is 10.6. The first-order valence-electron chi connectivity index (χ1n) is 5.84. The van der Waals surface area contributed by atoms with Crippen LogP contribution in [0.5, 0.6) is 5.75 Å². The molecule has 0 aliphatic heterocycles. The molecule has 1 aromatic heterocycles. The van der Waals surface area contributed by atoms with Crippen LogP contribution in [-0.4, -0.2) is 12.9 Å². The molecule has 0 atom stereocenters. The number of carbonyl (C=O) groups is 1. The number of aryl methyl sites for hydroxylation is 2. The summed E-state index contributed by atoms with van der Waals surface area (Å²) in [5.41, 5.74) is 1.54. The smallest absolute Gasteiger partial charge is 0.170 e. The summed E-state index contributed by atoms with van der Waals surface area (Å²) in [7, 11) is 1.61. The van der Waals surface area contributed by atoms with E-state index < -0.39 is 0 Å². The van der Waals surface area contributed by atoms with Crippen molar-refractivity contribution in [3.63, 3.8) is 0 Å². The molecule has 0 fully saturated rings. The van der Waals surface area contributed by atoms with Gasteiger partial charge in [-0.3, -0.25) is 4.79 Å². The molecule has 0 spiro atoms. The fraction of sp³-hybridized carbons (Fsp3) is 0.267. The zero-order chi connectivity index (χ0) is 13.1. The highest BCUT2D eigenvalue weighted by atomic mass is 16.5. The minimum atomic E-state index is 0.0499. The number of Topliss-reactive ketones (excluding diaryl/α,β-unsaturated/α-hetero) is 1. The predicted molar refractivity (Wildman–Crippen MR) is 69.2 cm³/mol. The van der Waals surface area contributed by atoms with Gasteiger partial charge in [0.15, 0.2) is 5.78 Å². The molecular weight excluding hydrogens is 228 g/mol. The lowest BCUT2D eigenvalue weighted by molar-refractivity contribution is 0.0990. The Bertz CT molecular complexity index is 567. The molecule has 0 unspecified atom stereocenters. The van der Waals surface area contributed by atoms with Crippen molar-refractivity contribution in [2.24, 2.45) is 0 Å². The Morgan fingerprint density at radius 1 is 1.28 bits per heavy atom. The number of rotatable bonds is 4. The molecule has 3 heteroatoms. The standard InChI is InChI=1S/C15H16O3/c1-10-8-13(11(2)18-10)14(16)9-12-6-4-5-7-15(12)17-3/h4-8H,9H2,1-3H3. The van der Waals surface area contributed by atoms with E-state index in [4.69, 9.17) is 9.15 Å². The maximum absolute atomic E-state index is 12.2. The summed E-state index contributed by atoms with van der Waals surface area (Å²) in [5.74, 6) is 2.22. The molecule has 0 aliphatic carbocycles. The second kappa shape index (κ2) is 5.08. The van der Waals surface area contributed by atoms with Crippen LogP contribution in [0.2, 0.25) is 0 Å². The van der Waals surface area contributed by atoms with Crippen molar-refractivity contribution in [3.8, 4) is 5.75 Å². The van der Waals surface area contributed by atoms with Crippen molar-refractivity contribution >= 4 is 5.78 Å². The van der Waals surface area contributed by atoms with Crippen molar-refractivity contribution in [1.29, 1.82) is 0 Å². The van der Waals surface area contributed by atoms with E-state index in [1.807, 2.05) is 38.1 Å². The largest absolute Gasteiger partial charge is 0.496 e. The number of ketones is 1. The highest BCUT2D eigenvalue weighted by molar-refractivity contribution is 5.98. The lowest BCUT2D eigenvalue weighted by Gasteiger charge is -2.06. The highest BCUT2D eigenvalue weighted by Crippen LogP contribution is 2.21. The molecule has 1 aromatic carbocycles. The number of methoxy groups -OCH3 is 1. The second-order valence-corrected chi connectivity index (χ2v) is 4.24. The Morgan fingerprint density at radius 3 is 2.61 bits per heavy atom. The molecule has 1 heterocycles. The average Bonchev–Trinajstić information content (AvgIpc) is 2.69. The topological polar surface area (TPSA) is 39.4 Å². The van der Waals surface area contributed by atoms with Crippen LogP contribution in [-0.2, 0) is 6.42 Å². The van der Waals surface area contributed by atoms with Gasteiger partial charge < -0.3 is 9.15 Å². The Labute approximate surface area is 106 Å². The van der Waals surface area contributed by atoms with Crippen LogP contribution >= 0.6 is 0 Å². The summed E-state index contributed by atoms with van der Waals surface area (Å²) in [4.78, 5) is 12.2. The predicted octanol–water partition coefficient (Wildman–Crippen LogP) is 3.33. The number of carbonyl (C=O) groups excluding carboxylic acids is 1. The van der Waals surface area contributed by atoms with Gasteiger partial charge in [-0.05, 0) is 26.0 Å². The quantitative estimate of drug-likeness (QED) is 0.774. The zero-order valence-electron chi connectivity index (χ0n) is 10.8. The van der Waals surface area contributed by atoms with Gasteiger partial charge in [0.05, 0.1) is 12.7 Å². The van der Waals surface area contributed by atoms with E-state index in [1.165, 1.54) is 0 Å². The van der Waals surface area contributed by atoms with Gasteiger partial charge in [0, 0.05) is 12.0 Å². The van der Waals surface area contributed by atoms with Gasteiger partial charge in [-0.1, -0.05) is 18.2 Å². The maximum atomic E-state index is 12.2. The summed E-state index contributed by atoms with van der Waals surface area (Å²) in [5, 5.41) is 0. The number of para-hydroxylation sites is 1. The Morgan fingerprint density at radius 2 is 2.00 bits per heavy atom. The van der Waals surface area contributed by atoms with E-state index in [0.717, 1.165) is 17.1 Å². The number of benzene rings is 1. The first kappa shape index (κ1) is 12.4. The van der Waals surface area contributed by atoms with E-state index in [1.54, 1.807) is 13.2 Å². The maximum Gasteiger partial charge on any atom is 0.170 e. The molecule has 0 aliphatic rings. The highest BCUT2D eigenvalue weighted by Gasteiger charge is 2.15. The zero-order valence-corrected chi connectivity index (χ0v) is 10.8. The Hall–Kier alpha value is -2.03. The molecule has 2 aromatic rings. The van der Waals surface area contributed by atoms with Gasteiger partial charge in [-0.15, -0.1) is 0 Å². The van der Waals surface area contributed by atoms with Crippen LogP contribution in [0.1, 0.15) is 27.4 Å². The molecule has 0 saturated heterocycles. The lowest BCUT2D eigenvalue weighted by Crippen LogP contribution is -2.05. The van der Waals surface area contributed by atoms with E-state index in [0.29, 0.717) is 17.7 Å². The molecule has 0 amide bonds. The molecule has 0 bridgehead atoms. The monoisotopic (exact) mass is 244 g/mol. The van der Waals surface area contributed by atoms with Crippen molar-refractivity contribution in [1.82, 2.24) is 0 Å². The molecule has 0 saturated carbocycles. The van der Waals surface area contributed by atoms with Crippen molar-refractivity contribution in [2.75, 3.05) is 7.11 Å². The van der Waals surface area contributed by atoms with Crippen LogP contribution in [0.25, 0.3) is 0 Å². The number of ether oxygens (including phenoxy) is 1. The minimum absolute atomic E-state index is 0.0499. The molecule has 3 nitrogen and oxygen atoms in total. The summed E-state index contributed by atoms with van der Waals surface area (Å²) in [6, 6.07) is 9.33. The molecule has 0 radical (unpaired) electrons. The van der Waals surface area contributed by atoms with E-state index in [-0.39, 0.29) is 5.78 Å². The van der Waals surface area contributed by atoms with Crippen molar-refractivity contribution in [3.05, 3.63) is 53.0 Å². The fourth-order valence-electron chi connectivity index (χ4n) is 2.02. The van der Waals surface area contributed by atoms with Gasteiger partial charge in [0.2, 0.25) is 0 Å².